The molecule has 16 heavy (non-hydrogen) atoms. The maximum Gasteiger partial charge on any atom is 0.321 e. The van der Waals surface area contributed by atoms with Gasteiger partial charge in [-0.15, -0.1) is 11.6 Å². The number of hydrogen-bond donors (Lipinski definition) is 0. The second-order valence-corrected chi connectivity index (χ2v) is 3.54. The molecule has 0 unspecified atom stereocenters. The molecule has 0 aliphatic rings. The van der Waals surface area contributed by atoms with Gasteiger partial charge in [0.05, 0.1) is 6.07 Å². The lowest BCUT2D eigenvalue weighted by molar-refractivity contribution is -0.146. The van der Waals surface area contributed by atoms with Crippen LogP contribution in [0.2, 0.25) is 0 Å². The lowest BCUT2D eigenvalue weighted by Crippen LogP contribution is -2.23. The van der Waals surface area contributed by atoms with Crippen molar-refractivity contribution in [3.63, 3.8) is 0 Å². The maximum atomic E-state index is 11.0. The van der Waals surface area contributed by atoms with E-state index in [4.69, 9.17) is 21.6 Å². The summed E-state index contributed by atoms with van der Waals surface area (Å²) in [6, 6.07) is 1.90. The number of carbonyl (C=O) groups excluding carboxylic acids is 1. The van der Waals surface area contributed by atoms with Crippen molar-refractivity contribution in [3.05, 3.63) is 24.3 Å². The molecule has 0 amide bonds. The fourth-order valence-corrected chi connectivity index (χ4v) is 1.32. The number of halogens is 1. The van der Waals surface area contributed by atoms with Gasteiger partial charge < -0.3 is 4.74 Å². The van der Waals surface area contributed by atoms with Crippen LogP contribution in [0.15, 0.2) is 24.3 Å². The van der Waals surface area contributed by atoms with Gasteiger partial charge in [-0.3, -0.25) is 4.79 Å². The van der Waals surface area contributed by atoms with Crippen molar-refractivity contribution < 1.29 is 9.53 Å². The van der Waals surface area contributed by atoms with Gasteiger partial charge in [-0.1, -0.05) is 25.2 Å². The summed E-state index contributed by atoms with van der Waals surface area (Å²) in [6.07, 6.45) is 7.39. The third-order valence-electron chi connectivity index (χ3n) is 2.14. The molecular formula is C12H16ClNO2. The normalized spacial score (nSPS) is 14.9. The van der Waals surface area contributed by atoms with Gasteiger partial charge >= 0.3 is 5.97 Å². The number of rotatable bonds is 6. The highest BCUT2D eigenvalue weighted by atomic mass is 35.5. The molecule has 0 spiro atoms. The van der Waals surface area contributed by atoms with E-state index in [1.807, 2.05) is 26.0 Å². The molecule has 0 rings (SSSR count). The van der Waals surface area contributed by atoms with E-state index in [9.17, 15) is 4.79 Å². The Balaban J connectivity index is 4.27. The Hall–Kier alpha value is -1.27. The van der Waals surface area contributed by atoms with Gasteiger partial charge in [-0.25, -0.2) is 0 Å². The molecule has 4 heteroatoms. The van der Waals surface area contributed by atoms with Crippen LogP contribution in [-0.2, 0) is 9.53 Å². The van der Waals surface area contributed by atoms with E-state index in [1.165, 1.54) is 6.08 Å². The van der Waals surface area contributed by atoms with Crippen molar-refractivity contribution in [2.75, 3.05) is 5.88 Å². The first-order valence-electron chi connectivity index (χ1n) is 5.14. The van der Waals surface area contributed by atoms with Crippen molar-refractivity contribution in [3.8, 4) is 6.07 Å². The predicted octanol–water partition coefficient (Wildman–Crippen LogP) is 2.82. The minimum Gasteiger partial charge on any atom is -0.461 e. The molecule has 0 aliphatic heterocycles. The third kappa shape index (κ3) is 6.26. The average molecular weight is 242 g/mol. The Morgan fingerprint density at radius 2 is 2.25 bits per heavy atom. The quantitative estimate of drug-likeness (QED) is 0.311. The van der Waals surface area contributed by atoms with Gasteiger partial charge in [0.1, 0.15) is 12.0 Å². The lowest BCUT2D eigenvalue weighted by atomic mass is 10.00. The fourth-order valence-electron chi connectivity index (χ4n) is 1.26. The zero-order valence-corrected chi connectivity index (χ0v) is 10.3. The lowest BCUT2D eigenvalue weighted by Gasteiger charge is -2.19. The van der Waals surface area contributed by atoms with Crippen LogP contribution >= 0.6 is 11.6 Å². The van der Waals surface area contributed by atoms with E-state index in [1.54, 1.807) is 12.2 Å². The smallest absolute Gasteiger partial charge is 0.321 e. The van der Waals surface area contributed by atoms with E-state index in [0.29, 0.717) is 0 Å². The van der Waals surface area contributed by atoms with Crippen LogP contribution in [-0.4, -0.2) is 18.0 Å². The number of nitriles is 1. The molecular weight excluding hydrogens is 226 g/mol. The van der Waals surface area contributed by atoms with Gasteiger partial charge in [-0.2, -0.15) is 5.26 Å². The molecule has 0 N–H and O–H groups in total. The zero-order chi connectivity index (χ0) is 12.4. The molecule has 0 aromatic carbocycles. The summed E-state index contributed by atoms with van der Waals surface area (Å²) in [5.41, 5.74) is 0. The summed E-state index contributed by atoms with van der Waals surface area (Å²) in [7, 11) is 0. The van der Waals surface area contributed by atoms with Crippen LogP contribution < -0.4 is 0 Å². The van der Waals surface area contributed by atoms with Crippen molar-refractivity contribution in [1.29, 1.82) is 5.26 Å². The largest absolute Gasteiger partial charge is 0.461 e. The molecule has 88 valence electrons. The third-order valence-corrected chi connectivity index (χ3v) is 2.36. The predicted molar refractivity (Wildman–Crippen MR) is 63.9 cm³/mol. The Labute approximate surface area is 101 Å². The molecule has 0 radical (unpaired) electrons. The topological polar surface area (TPSA) is 50.1 Å². The minimum atomic E-state index is -0.409. The molecule has 0 saturated carbocycles. The van der Waals surface area contributed by atoms with Crippen LogP contribution in [0.3, 0.4) is 0 Å². The highest BCUT2D eigenvalue weighted by molar-refractivity contribution is 6.26. The second kappa shape index (κ2) is 8.99. The van der Waals surface area contributed by atoms with Gasteiger partial charge in [0.15, 0.2) is 0 Å². The Morgan fingerprint density at radius 3 is 2.75 bits per heavy atom. The van der Waals surface area contributed by atoms with Gasteiger partial charge in [0.25, 0.3) is 0 Å². The van der Waals surface area contributed by atoms with Crippen LogP contribution in [0, 0.1) is 17.2 Å². The monoisotopic (exact) mass is 241 g/mol. The van der Waals surface area contributed by atoms with Crippen LogP contribution in [0.25, 0.3) is 0 Å². The summed E-state index contributed by atoms with van der Waals surface area (Å²) in [4.78, 5) is 11.0. The number of alkyl halides is 1. The van der Waals surface area contributed by atoms with Crippen molar-refractivity contribution in [2.24, 2.45) is 5.92 Å². The van der Waals surface area contributed by atoms with Crippen molar-refractivity contribution >= 4 is 17.6 Å². The second-order valence-electron chi connectivity index (χ2n) is 3.27. The molecule has 0 bridgehead atoms. The Bertz CT molecular complexity index is 305. The number of nitrogens with zero attached hydrogens (tertiary/aromatic N) is 1. The average Bonchev–Trinajstić information content (AvgIpc) is 2.28. The number of hydrogen-bond acceptors (Lipinski definition) is 3. The minimum absolute atomic E-state index is 0.126. The standard InChI is InChI=1S/C12H16ClNO2/c1-3-11(7-5-4-6-8-14)10(2)16-12(15)9-13/h4-7,10-11H,3,9H2,1-2H3/b6-4+,7-5+/t10-,11-/m1/s1. The van der Waals surface area contributed by atoms with Crippen LogP contribution in [0.5, 0.6) is 0 Å². The summed E-state index contributed by atoms with van der Waals surface area (Å²) in [5.74, 6) is -0.400. The zero-order valence-electron chi connectivity index (χ0n) is 9.52. The summed E-state index contributed by atoms with van der Waals surface area (Å²) < 4.78 is 5.10. The maximum absolute atomic E-state index is 11.0. The summed E-state index contributed by atoms with van der Waals surface area (Å²) in [5, 5.41) is 8.29. The molecule has 2 atom stereocenters. The van der Waals surface area contributed by atoms with Gasteiger partial charge in [0.2, 0.25) is 0 Å². The van der Waals surface area contributed by atoms with Crippen molar-refractivity contribution in [1.82, 2.24) is 0 Å². The fraction of sp³-hybridized carbons (Fsp3) is 0.500. The molecule has 0 aliphatic carbocycles. The van der Waals surface area contributed by atoms with E-state index in [-0.39, 0.29) is 17.9 Å². The number of carbonyl (C=O) groups is 1. The first-order valence-corrected chi connectivity index (χ1v) is 5.67. The van der Waals surface area contributed by atoms with E-state index >= 15 is 0 Å². The summed E-state index contributed by atoms with van der Waals surface area (Å²) >= 11 is 5.35. The molecule has 0 heterocycles. The summed E-state index contributed by atoms with van der Waals surface area (Å²) in [6.45, 7) is 3.84. The SMILES string of the molecule is CC[C@H](/C=C/C=C/C#N)[C@@H](C)OC(=O)CCl. The van der Waals surface area contributed by atoms with Crippen molar-refractivity contribution in [2.45, 2.75) is 26.4 Å². The molecule has 0 aromatic rings. The van der Waals surface area contributed by atoms with E-state index in [0.717, 1.165) is 6.42 Å². The number of esters is 1. The molecule has 3 nitrogen and oxygen atoms in total. The molecule has 0 fully saturated rings. The first kappa shape index (κ1) is 14.7. The van der Waals surface area contributed by atoms with E-state index < -0.39 is 5.97 Å². The first-order chi connectivity index (χ1) is 7.65. The van der Waals surface area contributed by atoms with Gasteiger partial charge in [-0.05, 0) is 13.3 Å². The molecule has 0 aromatic heterocycles. The van der Waals surface area contributed by atoms with Crippen LogP contribution in [0.4, 0.5) is 0 Å². The van der Waals surface area contributed by atoms with E-state index in [2.05, 4.69) is 0 Å². The highest BCUT2D eigenvalue weighted by Gasteiger charge is 2.16. The molecule has 0 saturated heterocycles. The number of ether oxygens (including phenoxy) is 1. The Kier molecular flexibility index (Phi) is 8.28. The Morgan fingerprint density at radius 1 is 1.56 bits per heavy atom. The number of allylic oxidation sites excluding steroid dienone is 3. The highest BCUT2D eigenvalue weighted by Crippen LogP contribution is 2.14. The van der Waals surface area contributed by atoms with Gasteiger partial charge in [0, 0.05) is 12.0 Å². The van der Waals surface area contributed by atoms with Crippen LogP contribution in [0.1, 0.15) is 20.3 Å².